The number of hydrogen-bond donors (Lipinski definition) is 0. The van der Waals surface area contributed by atoms with Crippen LogP contribution in [0.1, 0.15) is 23.7 Å². The van der Waals surface area contributed by atoms with Crippen molar-refractivity contribution in [3.05, 3.63) is 59.2 Å². The molecule has 1 atom stereocenters. The van der Waals surface area contributed by atoms with E-state index in [-0.39, 0.29) is 37.0 Å². The third kappa shape index (κ3) is 6.32. The molecule has 0 aromatic heterocycles. The molecule has 0 aliphatic carbocycles. The van der Waals surface area contributed by atoms with Crippen LogP contribution in [0.2, 0.25) is 0 Å². The number of alkyl halides is 3. The van der Waals surface area contributed by atoms with Crippen molar-refractivity contribution >= 4 is 5.91 Å². The number of halogens is 5. The molecule has 1 saturated heterocycles. The second-order valence-electron chi connectivity index (χ2n) is 7.26. The van der Waals surface area contributed by atoms with E-state index in [1.165, 1.54) is 25.3 Å². The summed E-state index contributed by atoms with van der Waals surface area (Å²) in [6.45, 7) is -0.601. The summed E-state index contributed by atoms with van der Waals surface area (Å²) in [7, 11) is 1.32. The van der Waals surface area contributed by atoms with Crippen LogP contribution < -0.4 is 9.47 Å². The first kappa shape index (κ1) is 23.8. The molecule has 0 radical (unpaired) electrons. The minimum atomic E-state index is -4.47. The number of morpholine rings is 1. The van der Waals surface area contributed by atoms with E-state index in [2.05, 4.69) is 0 Å². The van der Waals surface area contributed by atoms with Gasteiger partial charge in [-0.2, -0.15) is 13.2 Å². The van der Waals surface area contributed by atoms with Gasteiger partial charge in [-0.1, -0.05) is 12.1 Å². The topological polar surface area (TPSA) is 48.0 Å². The molecule has 0 bridgehead atoms. The van der Waals surface area contributed by atoms with Gasteiger partial charge in [0, 0.05) is 13.0 Å². The van der Waals surface area contributed by atoms with Crippen molar-refractivity contribution in [3.8, 4) is 11.5 Å². The van der Waals surface area contributed by atoms with Crippen LogP contribution in [0.3, 0.4) is 0 Å². The highest BCUT2D eigenvalue weighted by Gasteiger charge is 2.29. The lowest BCUT2D eigenvalue weighted by Gasteiger charge is -2.33. The van der Waals surface area contributed by atoms with E-state index >= 15 is 0 Å². The molecule has 0 spiro atoms. The summed E-state index contributed by atoms with van der Waals surface area (Å²) in [4.78, 5) is 14.2. The number of amides is 1. The smallest absolute Gasteiger partial charge is 0.422 e. The minimum absolute atomic E-state index is 0.0394. The predicted octanol–water partition coefficient (Wildman–Crippen LogP) is 4.45. The molecule has 1 amide bonds. The monoisotopic (exact) mass is 459 g/mol. The number of ether oxygens (including phenoxy) is 3. The third-order valence-electron chi connectivity index (χ3n) is 4.98. The van der Waals surface area contributed by atoms with Crippen LogP contribution in [0.25, 0.3) is 0 Å². The summed E-state index contributed by atoms with van der Waals surface area (Å²) in [5, 5.41) is 0. The van der Waals surface area contributed by atoms with Gasteiger partial charge in [0.05, 0.1) is 20.3 Å². The summed E-state index contributed by atoms with van der Waals surface area (Å²) < 4.78 is 79.2. The number of methoxy groups -OCH3 is 1. The van der Waals surface area contributed by atoms with Gasteiger partial charge in [0.2, 0.25) is 5.91 Å². The average molecular weight is 459 g/mol. The van der Waals surface area contributed by atoms with Gasteiger partial charge in [0.15, 0.2) is 29.7 Å². The van der Waals surface area contributed by atoms with E-state index < -0.39 is 30.5 Å². The van der Waals surface area contributed by atoms with E-state index in [1.807, 2.05) is 0 Å². The second-order valence-corrected chi connectivity index (χ2v) is 7.26. The molecule has 174 valence electrons. The molecule has 1 aliphatic heterocycles. The molecule has 2 aromatic carbocycles. The van der Waals surface area contributed by atoms with Crippen molar-refractivity contribution in [2.45, 2.75) is 25.1 Å². The maximum absolute atomic E-state index is 13.5. The number of carbonyl (C=O) groups excluding carboxylic acids is 1. The van der Waals surface area contributed by atoms with Crippen molar-refractivity contribution < 1.29 is 41.0 Å². The zero-order valence-electron chi connectivity index (χ0n) is 17.3. The number of carbonyl (C=O) groups is 1. The maximum Gasteiger partial charge on any atom is 0.422 e. The lowest BCUT2D eigenvalue weighted by atomic mass is 10.1. The fraction of sp³-hybridized carbons (Fsp3) is 0.409. The van der Waals surface area contributed by atoms with Crippen molar-refractivity contribution in [2.24, 2.45) is 0 Å². The fourth-order valence-corrected chi connectivity index (χ4v) is 3.35. The Labute approximate surface area is 181 Å². The highest BCUT2D eigenvalue weighted by atomic mass is 19.4. The normalized spacial score (nSPS) is 16.7. The van der Waals surface area contributed by atoms with Crippen molar-refractivity contribution in [2.75, 3.05) is 33.4 Å². The Morgan fingerprint density at radius 1 is 1.12 bits per heavy atom. The van der Waals surface area contributed by atoms with Crippen molar-refractivity contribution in [1.29, 1.82) is 0 Å². The van der Waals surface area contributed by atoms with E-state index in [0.717, 1.165) is 12.1 Å². The van der Waals surface area contributed by atoms with Crippen LogP contribution in [0.5, 0.6) is 11.5 Å². The van der Waals surface area contributed by atoms with E-state index in [9.17, 15) is 26.7 Å². The Balaban J connectivity index is 1.58. The zero-order chi connectivity index (χ0) is 23.3. The van der Waals surface area contributed by atoms with Crippen LogP contribution in [-0.2, 0) is 16.0 Å². The predicted molar refractivity (Wildman–Crippen MR) is 104 cm³/mol. The minimum Gasteiger partial charge on any atom is -0.493 e. The molecule has 0 saturated carbocycles. The number of rotatable bonds is 7. The van der Waals surface area contributed by atoms with Crippen LogP contribution >= 0.6 is 0 Å². The standard InChI is InChI=1S/C22H22F5NO4/c1-30-19-10-14(2-6-18(19)32-13-22(25,26)27)3-7-21(29)28-8-9-31-20(12-28)15-4-5-16(23)17(24)11-15/h2,4-6,10-11,20H,3,7-9,12-13H2,1H3. The van der Waals surface area contributed by atoms with Gasteiger partial charge in [-0.3, -0.25) is 4.79 Å². The molecule has 0 N–H and O–H groups in total. The Morgan fingerprint density at radius 3 is 2.59 bits per heavy atom. The lowest BCUT2D eigenvalue weighted by Crippen LogP contribution is -2.42. The summed E-state index contributed by atoms with van der Waals surface area (Å²) in [5.74, 6) is -1.99. The third-order valence-corrected chi connectivity index (χ3v) is 4.98. The van der Waals surface area contributed by atoms with Gasteiger partial charge in [-0.15, -0.1) is 0 Å². The van der Waals surface area contributed by atoms with E-state index in [1.54, 1.807) is 11.0 Å². The quantitative estimate of drug-likeness (QED) is 0.575. The molecule has 5 nitrogen and oxygen atoms in total. The van der Waals surface area contributed by atoms with Gasteiger partial charge in [-0.05, 0) is 41.8 Å². The number of nitrogens with zero attached hydrogens (tertiary/aromatic N) is 1. The van der Waals surface area contributed by atoms with Crippen molar-refractivity contribution in [1.82, 2.24) is 4.90 Å². The van der Waals surface area contributed by atoms with Gasteiger partial charge >= 0.3 is 6.18 Å². The molecule has 1 fully saturated rings. The van der Waals surface area contributed by atoms with Gasteiger partial charge in [-0.25, -0.2) is 8.78 Å². The first-order valence-electron chi connectivity index (χ1n) is 9.87. The molecular formula is C22H22F5NO4. The maximum atomic E-state index is 13.5. The highest BCUT2D eigenvalue weighted by Crippen LogP contribution is 2.30. The molecule has 32 heavy (non-hydrogen) atoms. The molecule has 10 heteroatoms. The number of aryl methyl sites for hydroxylation is 1. The Bertz CT molecular complexity index is 950. The van der Waals surface area contributed by atoms with Gasteiger partial charge < -0.3 is 19.1 Å². The fourth-order valence-electron chi connectivity index (χ4n) is 3.35. The first-order valence-corrected chi connectivity index (χ1v) is 9.87. The highest BCUT2D eigenvalue weighted by molar-refractivity contribution is 5.76. The van der Waals surface area contributed by atoms with E-state index in [0.29, 0.717) is 24.1 Å². The largest absolute Gasteiger partial charge is 0.493 e. The number of benzene rings is 2. The Kier molecular flexibility index (Phi) is 7.55. The molecular weight excluding hydrogens is 437 g/mol. The second kappa shape index (κ2) is 10.2. The van der Waals surface area contributed by atoms with Crippen LogP contribution in [0.4, 0.5) is 22.0 Å². The summed E-state index contributed by atoms with van der Waals surface area (Å²) in [5.41, 5.74) is 1.14. The summed E-state index contributed by atoms with van der Waals surface area (Å²) in [6, 6.07) is 7.98. The Hall–Kier alpha value is -2.88. The lowest BCUT2D eigenvalue weighted by molar-refractivity contribution is -0.153. The SMILES string of the molecule is COc1cc(CCC(=O)N2CCOC(c3ccc(F)c(F)c3)C2)ccc1OCC(F)(F)F. The van der Waals surface area contributed by atoms with Crippen LogP contribution in [0, 0.1) is 11.6 Å². The summed E-state index contributed by atoms with van der Waals surface area (Å²) in [6.07, 6.45) is -4.54. The van der Waals surface area contributed by atoms with E-state index in [4.69, 9.17) is 14.2 Å². The van der Waals surface area contributed by atoms with Crippen LogP contribution in [-0.4, -0.2) is 50.4 Å². The van der Waals surface area contributed by atoms with Gasteiger partial charge in [0.25, 0.3) is 0 Å². The molecule has 3 rings (SSSR count). The number of hydrogen-bond acceptors (Lipinski definition) is 4. The Morgan fingerprint density at radius 2 is 1.91 bits per heavy atom. The van der Waals surface area contributed by atoms with Crippen LogP contribution in [0.15, 0.2) is 36.4 Å². The zero-order valence-corrected chi connectivity index (χ0v) is 17.3. The summed E-state index contributed by atoms with van der Waals surface area (Å²) >= 11 is 0. The first-order chi connectivity index (χ1) is 15.2. The molecule has 1 aliphatic rings. The molecule has 1 heterocycles. The average Bonchev–Trinajstić information content (AvgIpc) is 2.77. The molecule has 2 aromatic rings. The van der Waals surface area contributed by atoms with Gasteiger partial charge in [0.1, 0.15) is 6.10 Å². The molecule has 1 unspecified atom stereocenters. The van der Waals surface area contributed by atoms with Crippen molar-refractivity contribution in [3.63, 3.8) is 0 Å².